The van der Waals surface area contributed by atoms with Gasteiger partial charge in [0, 0.05) is 18.7 Å². The van der Waals surface area contributed by atoms with E-state index in [1.807, 2.05) is 30.3 Å². The van der Waals surface area contributed by atoms with Crippen molar-refractivity contribution in [3.05, 3.63) is 53.9 Å². The molecule has 1 aliphatic heterocycles. The maximum absolute atomic E-state index is 12.7. The molecule has 1 aliphatic rings. The molecule has 0 atom stereocenters. The van der Waals surface area contributed by atoms with Gasteiger partial charge in [-0.05, 0) is 30.3 Å². The molecule has 0 N–H and O–H groups in total. The van der Waals surface area contributed by atoms with E-state index in [9.17, 15) is 4.79 Å². The summed E-state index contributed by atoms with van der Waals surface area (Å²) in [5.74, 6) is 1.70. The Hall–Kier alpha value is -3.33. The van der Waals surface area contributed by atoms with Gasteiger partial charge in [0.1, 0.15) is 16.8 Å². The molecule has 1 saturated heterocycles. The van der Waals surface area contributed by atoms with Crippen molar-refractivity contribution in [3.8, 4) is 17.1 Å². The molecule has 9 heteroatoms. The third-order valence-corrected chi connectivity index (χ3v) is 5.37. The zero-order valence-electron chi connectivity index (χ0n) is 14.9. The second kappa shape index (κ2) is 6.68. The predicted octanol–water partition coefficient (Wildman–Crippen LogP) is 2.99. The van der Waals surface area contributed by atoms with E-state index in [4.69, 9.17) is 9.26 Å². The van der Waals surface area contributed by atoms with E-state index >= 15 is 0 Å². The number of fused-ring (bicyclic) bond motifs is 1. The number of aromatic nitrogens is 4. The first-order chi connectivity index (χ1) is 13.7. The van der Waals surface area contributed by atoms with E-state index in [0.29, 0.717) is 36.1 Å². The number of carbonyl (C=O) groups is 1. The summed E-state index contributed by atoms with van der Waals surface area (Å²) < 4.78 is 19.1. The van der Waals surface area contributed by atoms with Crippen LogP contribution < -0.4 is 4.74 Å². The van der Waals surface area contributed by atoms with Gasteiger partial charge in [0.05, 0.1) is 30.3 Å². The molecule has 0 bridgehead atoms. The quantitative estimate of drug-likeness (QED) is 0.526. The Morgan fingerprint density at radius 3 is 2.86 bits per heavy atom. The fraction of sp³-hybridized carbons (Fsp3) is 0.211. The smallest absolute Gasteiger partial charge is 0.253 e. The molecular weight excluding hydrogens is 378 g/mol. The lowest BCUT2D eigenvalue weighted by Crippen LogP contribution is -2.48. The lowest BCUT2D eigenvalue weighted by molar-refractivity contribution is 0.0569. The predicted molar refractivity (Wildman–Crippen MR) is 102 cm³/mol. The zero-order chi connectivity index (χ0) is 19.1. The molecule has 4 aromatic rings. The molecule has 1 fully saturated rings. The van der Waals surface area contributed by atoms with Crippen LogP contribution in [-0.4, -0.2) is 49.9 Å². The van der Waals surface area contributed by atoms with Crippen molar-refractivity contribution in [3.63, 3.8) is 0 Å². The van der Waals surface area contributed by atoms with Gasteiger partial charge in [-0.1, -0.05) is 17.3 Å². The number of hydrogen-bond donors (Lipinski definition) is 0. The molecule has 5 rings (SSSR count). The fourth-order valence-corrected chi connectivity index (χ4v) is 3.76. The number of methoxy groups -OCH3 is 1. The normalized spacial score (nSPS) is 14.2. The third kappa shape index (κ3) is 2.80. The number of ether oxygens (including phenoxy) is 1. The van der Waals surface area contributed by atoms with Gasteiger partial charge in [-0.2, -0.15) is 13.7 Å². The Bertz CT molecular complexity index is 1170. The number of hydrogen-bond acceptors (Lipinski definition) is 8. The summed E-state index contributed by atoms with van der Waals surface area (Å²) in [4.78, 5) is 18.9. The number of rotatable bonds is 4. The number of carbonyl (C=O) groups excluding carboxylic acids is 1. The second-order valence-corrected chi connectivity index (χ2v) is 7.06. The van der Waals surface area contributed by atoms with Crippen LogP contribution in [0.3, 0.4) is 0 Å². The van der Waals surface area contributed by atoms with Crippen LogP contribution in [0.5, 0.6) is 5.75 Å². The molecule has 140 valence electrons. The summed E-state index contributed by atoms with van der Waals surface area (Å²) >= 11 is 1.14. The van der Waals surface area contributed by atoms with Crippen LogP contribution in [0.2, 0.25) is 0 Å². The number of amides is 1. The van der Waals surface area contributed by atoms with Crippen molar-refractivity contribution in [2.75, 3.05) is 20.2 Å². The second-order valence-electron chi connectivity index (χ2n) is 6.53. The van der Waals surface area contributed by atoms with Crippen molar-refractivity contribution >= 4 is 28.7 Å². The summed E-state index contributed by atoms with van der Waals surface area (Å²) in [6, 6.07) is 12.9. The SMILES string of the molecule is COc1ccccc1-c1noc(C2CN(C(=O)c3ccc4nsnc4c3)C2)n1. The van der Waals surface area contributed by atoms with Gasteiger partial charge in [-0.3, -0.25) is 4.79 Å². The average Bonchev–Trinajstić information content (AvgIpc) is 3.35. The van der Waals surface area contributed by atoms with Crippen molar-refractivity contribution in [2.24, 2.45) is 0 Å². The van der Waals surface area contributed by atoms with Crippen molar-refractivity contribution < 1.29 is 14.1 Å². The van der Waals surface area contributed by atoms with Crippen LogP contribution in [0.1, 0.15) is 22.2 Å². The molecule has 28 heavy (non-hydrogen) atoms. The van der Waals surface area contributed by atoms with Gasteiger partial charge in [0.25, 0.3) is 5.91 Å². The summed E-state index contributed by atoms with van der Waals surface area (Å²) in [5.41, 5.74) is 2.93. The number of nitrogens with zero attached hydrogens (tertiary/aromatic N) is 5. The molecule has 1 amide bonds. The lowest BCUT2D eigenvalue weighted by Gasteiger charge is -2.37. The molecule has 2 aromatic carbocycles. The first kappa shape index (κ1) is 16.8. The molecular formula is C19H15N5O3S. The third-order valence-electron chi connectivity index (χ3n) is 4.81. The highest BCUT2D eigenvalue weighted by Crippen LogP contribution is 2.32. The zero-order valence-corrected chi connectivity index (χ0v) is 15.7. The molecule has 0 saturated carbocycles. The van der Waals surface area contributed by atoms with Crippen LogP contribution >= 0.6 is 11.7 Å². The van der Waals surface area contributed by atoms with E-state index in [-0.39, 0.29) is 11.8 Å². The minimum Gasteiger partial charge on any atom is -0.496 e. The number of benzene rings is 2. The van der Waals surface area contributed by atoms with E-state index in [1.54, 1.807) is 24.1 Å². The molecule has 3 heterocycles. The highest BCUT2D eigenvalue weighted by atomic mass is 32.1. The summed E-state index contributed by atoms with van der Waals surface area (Å²) in [6.07, 6.45) is 0. The van der Waals surface area contributed by atoms with Crippen LogP contribution in [0.15, 0.2) is 47.0 Å². The van der Waals surface area contributed by atoms with Crippen molar-refractivity contribution in [1.82, 2.24) is 23.8 Å². The van der Waals surface area contributed by atoms with E-state index in [2.05, 4.69) is 18.9 Å². The van der Waals surface area contributed by atoms with E-state index in [0.717, 1.165) is 28.3 Å². The topological polar surface area (TPSA) is 94.2 Å². The average molecular weight is 393 g/mol. The fourth-order valence-electron chi connectivity index (χ4n) is 3.24. The molecule has 2 aromatic heterocycles. The summed E-state index contributed by atoms with van der Waals surface area (Å²) in [6.45, 7) is 1.08. The lowest BCUT2D eigenvalue weighted by atomic mass is 9.98. The molecule has 0 radical (unpaired) electrons. The highest BCUT2D eigenvalue weighted by molar-refractivity contribution is 7.00. The van der Waals surface area contributed by atoms with Crippen LogP contribution in [0, 0.1) is 0 Å². The summed E-state index contributed by atoms with van der Waals surface area (Å²) in [7, 11) is 1.61. The van der Waals surface area contributed by atoms with Crippen LogP contribution in [0.25, 0.3) is 22.4 Å². The Morgan fingerprint density at radius 1 is 1.18 bits per heavy atom. The first-order valence-electron chi connectivity index (χ1n) is 8.71. The van der Waals surface area contributed by atoms with Gasteiger partial charge < -0.3 is 14.2 Å². The molecule has 8 nitrogen and oxygen atoms in total. The molecule has 0 unspecified atom stereocenters. The maximum Gasteiger partial charge on any atom is 0.253 e. The van der Waals surface area contributed by atoms with E-state index < -0.39 is 0 Å². The van der Waals surface area contributed by atoms with Crippen LogP contribution in [-0.2, 0) is 0 Å². The van der Waals surface area contributed by atoms with Crippen molar-refractivity contribution in [1.29, 1.82) is 0 Å². The Morgan fingerprint density at radius 2 is 2.00 bits per heavy atom. The minimum absolute atomic E-state index is 0.0318. The van der Waals surface area contributed by atoms with Crippen LogP contribution in [0.4, 0.5) is 0 Å². The van der Waals surface area contributed by atoms with Crippen molar-refractivity contribution in [2.45, 2.75) is 5.92 Å². The standard InChI is InChI=1S/C19H15N5O3S/c1-26-16-5-3-2-4-13(16)17-20-18(27-21-17)12-9-24(10-12)19(25)11-6-7-14-15(8-11)23-28-22-14/h2-8,12H,9-10H2,1H3. The maximum atomic E-state index is 12.7. The molecule has 0 aliphatic carbocycles. The van der Waals surface area contributed by atoms with Gasteiger partial charge in [0.15, 0.2) is 0 Å². The minimum atomic E-state index is -0.0318. The Labute approximate surface area is 164 Å². The molecule has 0 spiro atoms. The Kier molecular flexibility index (Phi) is 4.01. The summed E-state index contributed by atoms with van der Waals surface area (Å²) in [5, 5.41) is 4.07. The van der Waals surface area contributed by atoms with E-state index in [1.165, 1.54) is 0 Å². The Balaban J connectivity index is 1.29. The first-order valence-corrected chi connectivity index (χ1v) is 9.44. The largest absolute Gasteiger partial charge is 0.496 e. The monoisotopic (exact) mass is 393 g/mol. The highest BCUT2D eigenvalue weighted by Gasteiger charge is 2.36. The number of para-hydroxylation sites is 1. The van der Waals surface area contributed by atoms with Gasteiger partial charge >= 0.3 is 0 Å². The number of likely N-dealkylation sites (tertiary alicyclic amines) is 1. The van der Waals surface area contributed by atoms with Gasteiger partial charge in [-0.25, -0.2) is 0 Å². The van der Waals surface area contributed by atoms with Gasteiger partial charge in [-0.15, -0.1) is 0 Å². The van der Waals surface area contributed by atoms with Gasteiger partial charge in [0.2, 0.25) is 11.7 Å².